The van der Waals surface area contributed by atoms with Crippen LogP contribution in [0.1, 0.15) is 30.9 Å². The molecular weight excluding hydrogens is 354 g/mol. The molecule has 1 aliphatic carbocycles. The zero-order chi connectivity index (χ0) is 19.6. The SMILES string of the molecule is Cc1cnn(Cc2cc(F)ccc2F)c1NC(=O)CCNC(=O)[C@H]1C[C@H]1C. The minimum absolute atomic E-state index is 0.0106. The lowest BCUT2D eigenvalue weighted by Crippen LogP contribution is -2.29. The van der Waals surface area contributed by atoms with Crippen molar-refractivity contribution in [2.75, 3.05) is 11.9 Å². The Hall–Kier alpha value is -2.77. The van der Waals surface area contributed by atoms with Gasteiger partial charge in [-0.05, 0) is 37.5 Å². The van der Waals surface area contributed by atoms with E-state index >= 15 is 0 Å². The number of carbonyl (C=O) groups excluding carboxylic acids is 2. The first-order valence-corrected chi connectivity index (χ1v) is 8.89. The summed E-state index contributed by atoms with van der Waals surface area (Å²) in [5, 5.41) is 9.62. The molecule has 1 aromatic carbocycles. The molecular formula is C19H22F2N4O2. The maximum atomic E-state index is 13.9. The number of amides is 2. The van der Waals surface area contributed by atoms with Gasteiger partial charge in [-0.3, -0.25) is 9.59 Å². The van der Waals surface area contributed by atoms with E-state index in [0.29, 0.717) is 17.3 Å². The van der Waals surface area contributed by atoms with Gasteiger partial charge in [-0.15, -0.1) is 0 Å². The highest BCUT2D eigenvalue weighted by atomic mass is 19.1. The minimum atomic E-state index is -0.543. The molecule has 2 N–H and O–H groups in total. The van der Waals surface area contributed by atoms with Crippen molar-refractivity contribution in [3.8, 4) is 0 Å². The highest BCUT2D eigenvalue weighted by Gasteiger charge is 2.38. The van der Waals surface area contributed by atoms with Crippen molar-refractivity contribution in [2.45, 2.75) is 33.2 Å². The van der Waals surface area contributed by atoms with Gasteiger partial charge in [-0.25, -0.2) is 13.5 Å². The van der Waals surface area contributed by atoms with Gasteiger partial charge in [0, 0.05) is 30.0 Å². The van der Waals surface area contributed by atoms with Crippen LogP contribution >= 0.6 is 0 Å². The molecule has 3 rings (SSSR count). The molecule has 0 radical (unpaired) electrons. The summed E-state index contributed by atoms with van der Waals surface area (Å²) in [6, 6.07) is 3.21. The summed E-state index contributed by atoms with van der Waals surface area (Å²) in [6.45, 7) is 4.02. The van der Waals surface area contributed by atoms with Crippen LogP contribution in [0.3, 0.4) is 0 Å². The average Bonchev–Trinajstić information content (AvgIpc) is 3.27. The van der Waals surface area contributed by atoms with Gasteiger partial charge in [-0.1, -0.05) is 6.92 Å². The summed E-state index contributed by atoms with van der Waals surface area (Å²) in [6.07, 6.45) is 2.56. The Bertz CT molecular complexity index is 865. The van der Waals surface area contributed by atoms with Crippen LogP contribution in [0.2, 0.25) is 0 Å². The average molecular weight is 376 g/mol. The molecule has 1 fully saturated rings. The van der Waals surface area contributed by atoms with Gasteiger partial charge in [0.2, 0.25) is 11.8 Å². The van der Waals surface area contributed by atoms with Gasteiger partial charge >= 0.3 is 0 Å². The van der Waals surface area contributed by atoms with Gasteiger partial charge in [0.05, 0.1) is 12.7 Å². The summed E-state index contributed by atoms with van der Waals surface area (Å²) in [5.74, 6) is -0.481. The fourth-order valence-electron chi connectivity index (χ4n) is 2.90. The van der Waals surface area contributed by atoms with E-state index in [4.69, 9.17) is 0 Å². The molecule has 6 nitrogen and oxygen atoms in total. The number of carbonyl (C=O) groups is 2. The number of nitrogens with one attached hydrogen (secondary N) is 2. The third kappa shape index (κ3) is 4.69. The van der Waals surface area contributed by atoms with E-state index in [-0.39, 0.29) is 42.8 Å². The third-order valence-electron chi connectivity index (χ3n) is 4.71. The van der Waals surface area contributed by atoms with Gasteiger partial charge in [-0.2, -0.15) is 5.10 Å². The molecule has 1 aliphatic rings. The fraction of sp³-hybridized carbons (Fsp3) is 0.421. The van der Waals surface area contributed by atoms with Gasteiger partial charge < -0.3 is 10.6 Å². The van der Waals surface area contributed by atoms with E-state index in [0.717, 1.165) is 24.6 Å². The van der Waals surface area contributed by atoms with Crippen molar-refractivity contribution >= 4 is 17.6 Å². The lowest BCUT2D eigenvalue weighted by molar-refractivity contribution is -0.122. The first-order valence-electron chi connectivity index (χ1n) is 8.89. The van der Waals surface area contributed by atoms with Crippen molar-refractivity contribution in [3.63, 3.8) is 0 Å². The maximum Gasteiger partial charge on any atom is 0.227 e. The van der Waals surface area contributed by atoms with Crippen molar-refractivity contribution in [3.05, 3.63) is 47.2 Å². The Morgan fingerprint density at radius 1 is 1.33 bits per heavy atom. The van der Waals surface area contributed by atoms with Crippen LogP contribution in [0, 0.1) is 30.4 Å². The Balaban J connectivity index is 1.58. The van der Waals surface area contributed by atoms with Crippen LogP contribution in [-0.4, -0.2) is 28.1 Å². The molecule has 8 heteroatoms. The van der Waals surface area contributed by atoms with Gasteiger partial charge in [0.15, 0.2) is 0 Å². The standard InChI is InChI=1S/C19H22F2N4O2/c1-11-7-15(11)19(27)22-6-5-17(26)24-18-12(2)9-23-25(18)10-13-8-14(20)3-4-16(13)21/h3-4,8-9,11,15H,5-7,10H2,1-2H3,(H,22,27)(H,24,26)/t11-,15+/m1/s1. The van der Waals surface area contributed by atoms with Crippen molar-refractivity contribution in [2.24, 2.45) is 11.8 Å². The molecule has 0 saturated heterocycles. The molecule has 2 amide bonds. The van der Waals surface area contributed by atoms with Crippen LogP contribution in [0.4, 0.5) is 14.6 Å². The molecule has 144 valence electrons. The molecule has 0 aliphatic heterocycles. The highest BCUT2D eigenvalue weighted by Crippen LogP contribution is 2.37. The number of aromatic nitrogens is 2. The second-order valence-electron chi connectivity index (χ2n) is 6.98. The Morgan fingerprint density at radius 3 is 2.78 bits per heavy atom. The van der Waals surface area contributed by atoms with Crippen LogP contribution in [0.25, 0.3) is 0 Å². The number of hydrogen-bond donors (Lipinski definition) is 2. The fourth-order valence-corrected chi connectivity index (χ4v) is 2.90. The number of hydrogen-bond acceptors (Lipinski definition) is 3. The van der Waals surface area contributed by atoms with Crippen molar-refractivity contribution in [1.82, 2.24) is 15.1 Å². The topological polar surface area (TPSA) is 76.0 Å². The Morgan fingerprint density at radius 2 is 2.07 bits per heavy atom. The van der Waals surface area contributed by atoms with E-state index in [1.165, 1.54) is 4.68 Å². The summed E-state index contributed by atoms with van der Waals surface area (Å²) in [7, 11) is 0. The Kier molecular flexibility index (Phi) is 5.53. The number of benzene rings is 1. The van der Waals surface area contributed by atoms with Crippen LogP contribution in [0.5, 0.6) is 0 Å². The molecule has 1 saturated carbocycles. The predicted octanol–water partition coefficient (Wildman–Crippen LogP) is 2.62. The summed E-state index contributed by atoms with van der Waals surface area (Å²) < 4.78 is 28.6. The largest absolute Gasteiger partial charge is 0.355 e. The molecule has 1 heterocycles. The quantitative estimate of drug-likeness (QED) is 0.780. The lowest BCUT2D eigenvalue weighted by atomic mass is 10.2. The van der Waals surface area contributed by atoms with Crippen molar-refractivity contribution < 1.29 is 18.4 Å². The van der Waals surface area contributed by atoms with E-state index in [2.05, 4.69) is 15.7 Å². The molecule has 0 bridgehead atoms. The molecule has 0 unspecified atom stereocenters. The van der Waals surface area contributed by atoms with E-state index in [9.17, 15) is 18.4 Å². The normalized spacial score (nSPS) is 18.2. The smallest absolute Gasteiger partial charge is 0.227 e. The number of rotatable bonds is 7. The lowest BCUT2D eigenvalue weighted by Gasteiger charge is -2.11. The zero-order valence-electron chi connectivity index (χ0n) is 15.3. The van der Waals surface area contributed by atoms with E-state index < -0.39 is 11.6 Å². The number of anilines is 1. The van der Waals surface area contributed by atoms with E-state index in [1.54, 1.807) is 13.1 Å². The van der Waals surface area contributed by atoms with Crippen LogP contribution in [-0.2, 0) is 16.1 Å². The number of nitrogens with zero attached hydrogens (tertiary/aromatic N) is 2. The van der Waals surface area contributed by atoms with E-state index in [1.807, 2.05) is 6.92 Å². The predicted molar refractivity (Wildman–Crippen MR) is 96.0 cm³/mol. The highest BCUT2D eigenvalue weighted by molar-refractivity contribution is 5.91. The molecule has 27 heavy (non-hydrogen) atoms. The summed E-state index contributed by atoms with van der Waals surface area (Å²) >= 11 is 0. The second kappa shape index (κ2) is 7.85. The van der Waals surface area contributed by atoms with Crippen molar-refractivity contribution in [1.29, 1.82) is 0 Å². The molecule has 2 aromatic rings. The van der Waals surface area contributed by atoms with Crippen LogP contribution in [0.15, 0.2) is 24.4 Å². The van der Waals surface area contributed by atoms with Crippen LogP contribution < -0.4 is 10.6 Å². The molecule has 1 aromatic heterocycles. The first kappa shape index (κ1) is 19.0. The summed E-state index contributed by atoms with van der Waals surface area (Å²) in [4.78, 5) is 23.9. The first-order chi connectivity index (χ1) is 12.8. The minimum Gasteiger partial charge on any atom is -0.355 e. The second-order valence-corrected chi connectivity index (χ2v) is 6.98. The number of aryl methyl sites for hydroxylation is 1. The monoisotopic (exact) mass is 376 g/mol. The Labute approximate surface area is 155 Å². The summed E-state index contributed by atoms with van der Waals surface area (Å²) in [5.41, 5.74) is 0.843. The maximum absolute atomic E-state index is 13.9. The zero-order valence-corrected chi connectivity index (χ0v) is 15.3. The van der Waals surface area contributed by atoms with Gasteiger partial charge in [0.1, 0.15) is 17.5 Å². The van der Waals surface area contributed by atoms with Gasteiger partial charge in [0.25, 0.3) is 0 Å². The molecule has 2 atom stereocenters. The third-order valence-corrected chi connectivity index (χ3v) is 4.71. The number of halogens is 2. The molecule has 0 spiro atoms.